The number of nitrogens with zero attached hydrogens (tertiary/aromatic N) is 2. The van der Waals surface area contributed by atoms with Crippen molar-refractivity contribution in [2.45, 2.75) is 0 Å². The van der Waals surface area contributed by atoms with Crippen LogP contribution in [-0.4, -0.2) is 10.3 Å². The zero-order chi connectivity index (χ0) is 12.5. The molecule has 0 aromatic heterocycles. The predicted molar refractivity (Wildman–Crippen MR) is 75.2 cm³/mol. The zero-order valence-corrected chi connectivity index (χ0v) is 10.8. The van der Waals surface area contributed by atoms with Crippen molar-refractivity contribution in [1.82, 2.24) is 10.1 Å². The molecule has 90 valence electrons. The van der Waals surface area contributed by atoms with E-state index < -0.39 is 0 Å². The average Bonchev–Trinajstić information content (AvgIpc) is 2.37. The fourth-order valence-electron chi connectivity index (χ4n) is 1.97. The van der Waals surface area contributed by atoms with E-state index in [1.54, 1.807) is 6.08 Å². The number of allylic oxidation sites excluding steroid dienone is 1. The summed E-state index contributed by atoms with van der Waals surface area (Å²) in [4.78, 5) is 0. The van der Waals surface area contributed by atoms with Crippen molar-refractivity contribution in [3.05, 3.63) is 59.3 Å². The standard InChI is InChI=1S/C13H9Cl2N3/c14-13-8-12(16-18(15)17-13)11-7-3-5-9-4-1-2-6-10(9)11/h1-8,17H. The molecule has 0 bridgehead atoms. The molecule has 0 aliphatic carbocycles. The molecule has 0 fully saturated rings. The third kappa shape index (κ3) is 2.03. The quantitative estimate of drug-likeness (QED) is 0.637. The highest BCUT2D eigenvalue weighted by molar-refractivity contribution is 6.33. The van der Waals surface area contributed by atoms with E-state index in [-0.39, 0.29) is 0 Å². The molecule has 0 saturated heterocycles. The van der Waals surface area contributed by atoms with Crippen LogP contribution in [0.4, 0.5) is 0 Å². The second-order valence-electron chi connectivity index (χ2n) is 3.88. The van der Waals surface area contributed by atoms with Crippen molar-refractivity contribution in [2.75, 3.05) is 0 Å². The Labute approximate surface area is 114 Å². The van der Waals surface area contributed by atoms with Crippen molar-refractivity contribution in [2.24, 2.45) is 5.10 Å². The highest BCUT2D eigenvalue weighted by Gasteiger charge is 2.13. The van der Waals surface area contributed by atoms with E-state index in [0.717, 1.165) is 26.7 Å². The van der Waals surface area contributed by atoms with Gasteiger partial charge in [-0.2, -0.15) is 0 Å². The third-order valence-corrected chi connectivity index (χ3v) is 3.08. The zero-order valence-electron chi connectivity index (χ0n) is 9.27. The van der Waals surface area contributed by atoms with Gasteiger partial charge in [0.15, 0.2) is 0 Å². The number of nitrogens with one attached hydrogen (secondary N) is 1. The highest BCUT2D eigenvalue weighted by Crippen LogP contribution is 2.22. The molecule has 1 aliphatic rings. The normalized spacial score (nSPS) is 15.1. The van der Waals surface area contributed by atoms with Crippen LogP contribution < -0.4 is 5.43 Å². The second-order valence-corrected chi connectivity index (χ2v) is 4.60. The Morgan fingerprint density at radius 1 is 1.06 bits per heavy atom. The Balaban J connectivity index is 2.21. The van der Waals surface area contributed by atoms with Gasteiger partial charge in [-0.25, -0.2) is 0 Å². The minimum absolute atomic E-state index is 0.433. The molecule has 0 atom stereocenters. The molecule has 1 N–H and O–H groups in total. The van der Waals surface area contributed by atoms with Crippen LogP contribution in [0.5, 0.6) is 0 Å². The van der Waals surface area contributed by atoms with Crippen LogP contribution in [0.15, 0.2) is 58.8 Å². The smallest absolute Gasteiger partial charge is 0.125 e. The first-order chi connectivity index (χ1) is 8.74. The van der Waals surface area contributed by atoms with Crippen LogP contribution in [0.25, 0.3) is 10.8 Å². The van der Waals surface area contributed by atoms with Gasteiger partial charge in [0.2, 0.25) is 0 Å². The molecule has 0 unspecified atom stereocenters. The molecule has 5 heteroatoms. The van der Waals surface area contributed by atoms with Gasteiger partial charge in [-0.1, -0.05) is 54.1 Å². The summed E-state index contributed by atoms with van der Waals surface area (Å²) >= 11 is 11.8. The SMILES string of the molecule is ClC1=CC(c2cccc3ccccc23)=NN(Cl)N1. The van der Waals surface area contributed by atoms with Gasteiger partial charge in [-0.05, 0) is 10.8 Å². The van der Waals surface area contributed by atoms with E-state index >= 15 is 0 Å². The maximum Gasteiger partial charge on any atom is 0.125 e. The Kier molecular flexibility index (Phi) is 2.86. The van der Waals surface area contributed by atoms with E-state index in [4.69, 9.17) is 23.4 Å². The fourth-order valence-corrected chi connectivity index (χ4v) is 2.37. The number of halogens is 2. The minimum atomic E-state index is 0.433. The summed E-state index contributed by atoms with van der Waals surface area (Å²) in [6, 6.07) is 14.2. The molecule has 3 nitrogen and oxygen atoms in total. The molecule has 0 amide bonds. The Morgan fingerprint density at radius 3 is 2.67 bits per heavy atom. The van der Waals surface area contributed by atoms with Gasteiger partial charge in [0, 0.05) is 11.6 Å². The van der Waals surface area contributed by atoms with Crippen molar-refractivity contribution in [3.8, 4) is 0 Å². The van der Waals surface area contributed by atoms with Crippen LogP contribution in [0.3, 0.4) is 0 Å². The summed E-state index contributed by atoms with van der Waals surface area (Å²) in [6.07, 6.45) is 1.75. The lowest BCUT2D eigenvalue weighted by Crippen LogP contribution is -2.28. The number of hydrogen-bond acceptors (Lipinski definition) is 3. The number of hydrogen-bond donors (Lipinski definition) is 1. The number of benzene rings is 2. The molecular weight excluding hydrogens is 269 g/mol. The fraction of sp³-hybridized carbons (Fsp3) is 0. The van der Waals surface area contributed by atoms with Crippen molar-refractivity contribution in [3.63, 3.8) is 0 Å². The van der Waals surface area contributed by atoms with Gasteiger partial charge in [0.1, 0.15) is 5.16 Å². The average molecular weight is 278 g/mol. The Bertz CT molecular complexity index is 659. The summed E-state index contributed by atoms with van der Waals surface area (Å²) in [5.41, 5.74) is 4.39. The molecule has 2 aromatic carbocycles. The summed E-state index contributed by atoms with van der Waals surface area (Å²) in [5, 5.41) is 6.90. The van der Waals surface area contributed by atoms with Gasteiger partial charge in [-0.3, -0.25) is 5.43 Å². The van der Waals surface area contributed by atoms with Crippen molar-refractivity contribution in [1.29, 1.82) is 0 Å². The first-order valence-electron chi connectivity index (χ1n) is 5.40. The second kappa shape index (κ2) is 4.52. The number of rotatable bonds is 1. The minimum Gasteiger partial charge on any atom is -0.256 e. The monoisotopic (exact) mass is 277 g/mol. The lowest BCUT2D eigenvalue weighted by molar-refractivity contribution is 0.405. The number of fused-ring (bicyclic) bond motifs is 1. The predicted octanol–water partition coefficient (Wildman–Crippen LogP) is 3.60. The van der Waals surface area contributed by atoms with Gasteiger partial charge in [0.05, 0.1) is 17.5 Å². The lowest BCUT2D eigenvalue weighted by atomic mass is 10.0. The Morgan fingerprint density at radius 2 is 1.83 bits per heavy atom. The first-order valence-corrected chi connectivity index (χ1v) is 6.12. The molecule has 1 aliphatic heterocycles. The first kappa shape index (κ1) is 11.4. The van der Waals surface area contributed by atoms with Gasteiger partial charge >= 0.3 is 0 Å². The van der Waals surface area contributed by atoms with E-state index in [1.807, 2.05) is 24.3 Å². The van der Waals surface area contributed by atoms with Crippen LogP contribution in [0.2, 0.25) is 0 Å². The highest BCUT2D eigenvalue weighted by atomic mass is 35.5. The van der Waals surface area contributed by atoms with E-state index in [1.165, 1.54) is 0 Å². The van der Waals surface area contributed by atoms with Crippen molar-refractivity contribution >= 4 is 39.9 Å². The van der Waals surface area contributed by atoms with Crippen LogP contribution >= 0.6 is 23.4 Å². The molecule has 18 heavy (non-hydrogen) atoms. The summed E-state index contributed by atoms with van der Waals surface area (Å²) in [6.45, 7) is 0. The molecule has 1 heterocycles. The van der Waals surface area contributed by atoms with Crippen LogP contribution in [-0.2, 0) is 0 Å². The summed E-state index contributed by atoms with van der Waals surface area (Å²) in [7, 11) is 0. The molecular formula is C13H9Cl2N3. The van der Waals surface area contributed by atoms with Crippen LogP contribution in [0.1, 0.15) is 5.56 Å². The van der Waals surface area contributed by atoms with Crippen molar-refractivity contribution < 1.29 is 0 Å². The number of hydrazone groups is 1. The van der Waals surface area contributed by atoms with E-state index in [9.17, 15) is 0 Å². The maximum atomic E-state index is 5.95. The molecule has 0 spiro atoms. The molecule has 0 saturated carbocycles. The Hall–Kier alpha value is -1.71. The molecule has 3 rings (SSSR count). The number of hydrazine groups is 1. The van der Waals surface area contributed by atoms with Gasteiger partial charge in [0.25, 0.3) is 0 Å². The van der Waals surface area contributed by atoms with E-state index in [2.05, 4.69) is 28.7 Å². The third-order valence-electron chi connectivity index (χ3n) is 2.72. The van der Waals surface area contributed by atoms with Gasteiger partial charge in [-0.15, -0.1) is 9.74 Å². The molecule has 2 aromatic rings. The summed E-state index contributed by atoms with van der Waals surface area (Å²) in [5.74, 6) is 0. The van der Waals surface area contributed by atoms with E-state index in [0.29, 0.717) is 5.16 Å². The summed E-state index contributed by atoms with van der Waals surface area (Å²) < 4.78 is 1.08. The topological polar surface area (TPSA) is 27.6 Å². The maximum absolute atomic E-state index is 5.95. The van der Waals surface area contributed by atoms with Crippen LogP contribution in [0, 0.1) is 0 Å². The van der Waals surface area contributed by atoms with Gasteiger partial charge < -0.3 is 0 Å². The molecule has 0 radical (unpaired) electrons. The largest absolute Gasteiger partial charge is 0.256 e. The lowest BCUT2D eigenvalue weighted by Gasteiger charge is -2.18.